The summed E-state index contributed by atoms with van der Waals surface area (Å²) in [6, 6.07) is -0.790. The lowest BCUT2D eigenvalue weighted by atomic mass is 9.84. The molecule has 3 atom stereocenters. The second kappa shape index (κ2) is 7.02. The maximum absolute atomic E-state index is 12.7. The van der Waals surface area contributed by atoms with Gasteiger partial charge in [0, 0.05) is 12.5 Å². The zero-order valence-electron chi connectivity index (χ0n) is 14.0. The van der Waals surface area contributed by atoms with E-state index >= 15 is 0 Å². The molecule has 1 saturated heterocycles. The quantitative estimate of drug-likeness (QED) is 0.812. The van der Waals surface area contributed by atoms with Gasteiger partial charge >= 0.3 is 5.97 Å². The van der Waals surface area contributed by atoms with Gasteiger partial charge in [0.2, 0.25) is 5.91 Å². The maximum Gasteiger partial charge on any atom is 0.326 e. The molecule has 0 aromatic heterocycles. The van der Waals surface area contributed by atoms with Gasteiger partial charge in [-0.1, -0.05) is 25.7 Å². The maximum atomic E-state index is 12.7. The van der Waals surface area contributed by atoms with Crippen molar-refractivity contribution < 1.29 is 23.1 Å². The van der Waals surface area contributed by atoms with Crippen molar-refractivity contribution >= 4 is 21.7 Å². The van der Waals surface area contributed by atoms with Crippen molar-refractivity contribution in [1.82, 2.24) is 4.90 Å². The Morgan fingerprint density at radius 2 is 1.62 bits per heavy atom. The van der Waals surface area contributed by atoms with Crippen molar-refractivity contribution in [3.8, 4) is 0 Å². The number of hydrogen-bond acceptors (Lipinski definition) is 4. The first-order valence-corrected chi connectivity index (χ1v) is 10.9. The molecule has 0 aromatic carbocycles. The van der Waals surface area contributed by atoms with Gasteiger partial charge in [0.05, 0.1) is 11.0 Å². The molecule has 1 amide bonds. The fraction of sp³-hybridized carbons (Fsp3) is 0.882. The minimum Gasteiger partial charge on any atom is -0.480 e. The Morgan fingerprint density at radius 1 is 1.00 bits per heavy atom. The van der Waals surface area contributed by atoms with Crippen LogP contribution in [0.3, 0.4) is 0 Å². The summed E-state index contributed by atoms with van der Waals surface area (Å²) in [6.07, 6.45) is 7.62. The molecule has 7 heteroatoms. The summed E-state index contributed by atoms with van der Waals surface area (Å²) in [6.45, 7) is 0. The molecule has 0 unspecified atom stereocenters. The van der Waals surface area contributed by atoms with Gasteiger partial charge in [-0.05, 0) is 38.0 Å². The van der Waals surface area contributed by atoms with Gasteiger partial charge in [0.1, 0.15) is 6.04 Å². The molecule has 0 aromatic rings. The molecule has 6 nitrogen and oxygen atoms in total. The Morgan fingerprint density at radius 3 is 2.29 bits per heavy atom. The second-order valence-electron chi connectivity index (χ2n) is 7.53. The van der Waals surface area contributed by atoms with E-state index in [1.165, 1.54) is 4.90 Å². The van der Waals surface area contributed by atoms with Crippen molar-refractivity contribution in [3.05, 3.63) is 0 Å². The molecule has 1 heterocycles. The zero-order valence-corrected chi connectivity index (χ0v) is 14.8. The fourth-order valence-corrected chi connectivity index (χ4v) is 6.66. The van der Waals surface area contributed by atoms with E-state index in [0.29, 0.717) is 19.3 Å². The van der Waals surface area contributed by atoms with Crippen LogP contribution in [0.25, 0.3) is 0 Å². The van der Waals surface area contributed by atoms with Crippen molar-refractivity contribution in [1.29, 1.82) is 0 Å². The highest BCUT2D eigenvalue weighted by Crippen LogP contribution is 2.40. The molecule has 2 saturated carbocycles. The second-order valence-corrected chi connectivity index (χ2v) is 9.93. The zero-order chi connectivity index (χ0) is 17.3. The number of hydrogen-bond donors (Lipinski definition) is 1. The first-order chi connectivity index (χ1) is 11.4. The summed E-state index contributed by atoms with van der Waals surface area (Å²) < 4.78 is 24.7. The summed E-state index contributed by atoms with van der Waals surface area (Å²) in [7, 11) is -3.25. The van der Waals surface area contributed by atoms with Gasteiger partial charge in [-0.25, -0.2) is 13.2 Å². The van der Waals surface area contributed by atoms with Crippen LogP contribution in [0.4, 0.5) is 0 Å². The van der Waals surface area contributed by atoms with Gasteiger partial charge in [-0.3, -0.25) is 4.79 Å². The number of amides is 1. The highest BCUT2D eigenvalue weighted by atomic mass is 32.2. The first-order valence-electron chi connectivity index (χ1n) is 9.15. The van der Waals surface area contributed by atoms with Crippen molar-refractivity contribution in [3.63, 3.8) is 0 Å². The number of aliphatic carboxylic acids is 1. The number of carboxylic acid groups (broad SMARTS) is 1. The Bertz CT molecular complexity index is 596. The molecule has 0 radical (unpaired) electrons. The van der Waals surface area contributed by atoms with Gasteiger partial charge in [0.25, 0.3) is 0 Å². The topological polar surface area (TPSA) is 91.8 Å². The smallest absolute Gasteiger partial charge is 0.326 e. The molecule has 136 valence electrons. The van der Waals surface area contributed by atoms with Crippen molar-refractivity contribution in [2.45, 2.75) is 81.5 Å². The molecular formula is C17H27NO5S. The molecule has 1 aliphatic heterocycles. The van der Waals surface area contributed by atoms with E-state index in [0.717, 1.165) is 38.5 Å². The molecule has 2 aliphatic carbocycles. The highest BCUT2D eigenvalue weighted by Gasteiger charge is 2.47. The van der Waals surface area contributed by atoms with E-state index in [2.05, 4.69) is 0 Å². The third-order valence-electron chi connectivity index (χ3n) is 6.07. The van der Waals surface area contributed by atoms with Crippen LogP contribution in [-0.4, -0.2) is 53.4 Å². The standard InChI is InChI=1S/C17H27NO5S/c19-16(9-10-24(22,23)13-6-2-3-7-13)18-14-8-4-1-5-12(14)11-15(18)17(20)21/h12-15H,1-11H2,(H,20,21)/t12-,14-,15+/m1/s1. The normalized spacial score (nSPS) is 31.2. The van der Waals surface area contributed by atoms with E-state index in [9.17, 15) is 23.1 Å². The number of carboxylic acids is 1. The van der Waals surface area contributed by atoms with E-state index in [1.807, 2.05) is 0 Å². The Kier molecular flexibility index (Phi) is 5.18. The first kappa shape index (κ1) is 17.7. The number of sulfone groups is 1. The largest absolute Gasteiger partial charge is 0.480 e. The third-order valence-corrected chi connectivity index (χ3v) is 8.33. The average Bonchev–Trinajstić information content (AvgIpc) is 3.20. The number of carbonyl (C=O) groups excluding carboxylic acids is 1. The van der Waals surface area contributed by atoms with Crippen LogP contribution in [-0.2, 0) is 19.4 Å². The number of rotatable bonds is 5. The molecule has 24 heavy (non-hydrogen) atoms. The number of fused-ring (bicyclic) bond motifs is 1. The van der Waals surface area contributed by atoms with Crippen molar-refractivity contribution in [2.75, 3.05) is 5.75 Å². The predicted molar refractivity (Wildman–Crippen MR) is 89.3 cm³/mol. The third kappa shape index (κ3) is 3.46. The molecule has 3 rings (SSSR count). The van der Waals surface area contributed by atoms with Crippen LogP contribution in [0, 0.1) is 5.92 Å². The van der Waals surface area contributed by atoms with Crippen LogP contribution in [0.5, 0.6) is 0 Å². The Labute approximate surface area is 143 Å². The predicted octanol–water partition coefficient (Wildman–Crippen LogP) is 1.98. The Hall–Kier alpha value is -1.11. The van der Waals surface area contributed by atoms with Gasteiger partial charge in [-0.2, -0.15) is 0 Å². The lowest BCUT2D eigenvalue weighted by molar-refractivity contribution is -0.149. The van der Waals surface area contributed by atoms with Gasteiger partial charge in [-0.15, -0.1) is 0 Å². The van der Waals surface area contributed by atoms with E-state index in [1.54, 1.807) is 0 Å². The Balaban J connectivity index is 1.66. The number of carbonyl (C=O) groups is 2. The number of nitrogens with zero attached hydrogens (tertiary/aromatic N) is 1. The number of likely N-dealkylation sites (tertiary alicyclic amines) is 1. The summed E-state index contributed by atoms with van der Waals surface area (Å²) in [5, 5.41) is 9.16. The van der Waals surface area contributed by atoms with Crippen LogP contribution in [0.15, 0.2) is 0 Å². The lowest BCUT2D eigenvalue weighted by Crippen LogP contribution is -2.46. The summed E-state index contributed by atoms with van der Waals surface area (Å²) in [5.41, 5.74) is 0. The van der Waals surface area contributed by atoms with E-state index in [-0.39, 0.29) is 35.3 Å². The van der Waals surface area contributed by atoms with Gasteiger partial charge < -0.3 is 10.0 Å². The lowest BCUT2D eigenvalue weighted by Gasteiger charge is -2.33. The molecule has 3 aliphatic rings. The minimum atomic E-state index is -3.25. The molecule has 1 N–H and O–H groups in total. The minimum absolute atomic E-state index is 0.0125. The monoisotopic (exact) mass is 357 g/mol. The van der Waals surface area contributed by atoms with Crippen LogP contribution in [0.1, 0.15) is 64.2 Å². The van der Waals surface area contributed by atoms with Crippen LogP contribution >= 0.6 is 0 Å². The molecule has 0 spiro atoms. The van der Waals surface area contributed by atoms with E-state index < -0.39 is 21.8 Å². The fourth-order valence-electron chi connectivity index (χ4n) is 4.81. The molecule has 3 fully saturated rings. The highest BCUT2D eigenvalue weighted by molar-refractivity contribution is 7.92. The molecule has 0 bridgehead atoms. The summed E-state index contributed by atoms with van der Waals surface area (Å²) in [4.78, 5) is 25.7. The molecular weight excluding hydrogens is 330 g/mol. The van der Waals surface area contributed by atoms with Crippen LogP contribution in [0.2, 0.25) is 0 Å². The SMILES string of the molecule is O=C(O)[C@@H]1C[C@H]2CCCC[C@H]2N1C(=O)CCS(=O)(=O)C1CCCC1. The van der Waals surface area contributed by atoms with Gasteiger partial charge in [0.15, 0.2) is 9.84 Å². The summed E-state index contributed by atoms with van der Waals surface area (Å²) >= 11 is 0. The average molecular weight is 357 g/mol. The van der Waals surface area contributed by atoms with Crippen LogP contribution < -0.4 is 0 Å². The van der Waals surface area contributed by atoms with Crippen molar-refractivity contribution in [2.24, 2.45) is 5.92 Å². The summed E-state index contributed by atoms with van der Waals surface area (Å²) in [5.74, 6) is -1.14. The van der Waals surface area contributed by atoms with E-state index in [4.69, 9.17) is 0 Å².